The van der Waals surface area contributed by atoms with E-state index in [2.05, 4.69) is 71.2 Å². The molecule has 1 fully saturated rings. The minimum atomic E-state index is 0.493. The number of nitrogens with zero attached hydrogens (tertiary/aromatic N) is 1. The maximum absolute atomic E-state index is 3.69. The molecular formula is C17H27BrN2. The number of halogens is 1. The molecule has 0 aromatic heterocycles. The van der Waals surface area contributed by atoms with E-state index in [4.69, 9.17) is 0 Å². The van der Waals surface area contributed by atoms with E-state index in [0.29, 0.717) is 12.1 Å². The van der Waals surface area contributed by atoms with Gasteiger partial charge in [0.25, 0.3) is 0 Å². The van der Waals surface area contributed by atoms with Crippen LogP contribution in [-0.4, -0.2) is 30.6 Å². The Morgan fingerprint density at radius 3 is 2.75 bits per heavy atom. The summed E-state index contributed by atoms with van der Waals surface area (Å²) in [7, 11) is 0. The number of benzene rings is 1. The Hall–Kier alpha value is -0.380. The zero-order chi connectivity index (χ0) is 14.5. The summed E-state index contributed by atoms with van der Waals surface area (Å²) in [5.74, 6) is 0.788. The van der Waals surface area contributed by atoms with Crippen molar-refractivity contribution in [1.82, 2.24) is 10.2 Å². The third kappa shape index (κ3) is 4.31. The Morgan fingerprint density at radius 2 is 2.05 bits per heavy atom. The Bertz CT molecular complexity index is 419. The molecule has 0 bridgehead atoms. The van der Waals surface area contributed by atoms with Gasteiger partial charge in [0.05, 0.1) is 0 Å². The lowest BCUT2D eigenvalue weighted by Gasteiger charge is -2.37. The summed E-state index contributed by atoms with van der Waals surface area (Å²) in [5, 5.41) is 3.59. The molecule has 1 aliphatic heterocycles. The fourth-order valence-corrected chi connectivity index (χ4v) is 3.64. The van der Waals surface area contributed by atoms with Crippen LogP contribution in [0.2, 0.25) is 0 Å². The van der Waals surface area contributed by atoms with Crippen LogP contribution < -0.4 is 5.32 Å². The average Bonchev–Trinajstić information content (AvgIpc) is 2.45. The van der Waals surface area contributed by atoms with Crippen LogP contribution in [0.1, 0.15) is 45.2 Å². The van der Waals surface area contributed by atoms with E-state index in [1.807, 2.05) is 0 Å². The van der Waals surface area contributed by atoms with Crippen molar-refractivity contribution >= 4 is 15.9 Å². The smallest absolute Gasteiger partial charge is 0.0331 e. The minimum Gasteiger partial charge on any atom is -0.314 e. The monoisotopic (exact) mass is 338 g/mol. The first-order valence-corrected chi connectivity index (χ1v) is 8.59. The van der Waals surface area contributed by atoms with Gasteiger partial charge in [0.15, 0.2) is 0 Å². The van der Waals surface area contributed by atoms with Gasteiger partial charge >= 0.3 is 0 Å². The summed E-state index contributed by atoms with van der Waals surface area (Å²) >= 11 is 3.69. The minimum absolute atomic E-state index is 0.493. The summed E-state index contributed by atoms with van der Waals surface area (Å²) in [4.78, 5) is 2.64. The first-order chi connectivity index (χ1) is 9.58. The predicted molar refractivity (Wildman–Crippen MR) is 90.0 cm³/mol. The van der Waals surface area contributed by atoms with Gasteiger partial charge in [0.2, 0.25) is 0 Å². The van der Waals surface area contributed by atoms with Crippen molar-refractivity contribution in [3.05, 3.63) is 34.3 Å². The van der Waals surface area contributed by atoms with Crippen molar-refractivity contribution in [2.75, 3.05) is 19.6 Å². The van der Waals surface area contributed by atoms with Crippen molar-refractivity contribution in [3.63, 3.8) is 0 Å². The molecule has 0 amide bonds. The van der Waals surface area contributed by atoms with Crippen LogP contribution in [0, 0.1) is 5.92 Å². The normalized spacial score (nSPS) is 22.1. The van der Waals surface area contributed by atoms with E-state index in [9.17, 15) is 0 Å². The third-order valence-electron chi connectivity index (χ3n) is 4.27. The fraction of sp³-hybridized carbons (Fsp3) is 0.647. The standard InChI is InChI=1S/C17H27BrN2/c1-13(2)19-11-15-7-6-10-20(12-15)14(3)16-8-4-5-9-17(16)18/h4-5,8-9,13-15,19H,6-7,10-12H2,1-3H3. The van der Waals surface area contributed by atoms with E-state index < -0.39 is 0 Å². The van der Waals surface area contributed by atoms with Gasteiger partial charge in [-0.25, -0.2) is 0 Å². The third-order valence-corrected chi connectivity index (χ3v) is 4.99. The molecule has 2 rings (SSSR count). The van der Waals surface area contributed by atoms with Gasteiger partial charge in [-0.1, -0.05) is 48.0 Å². The zero-order valence-corrected chi connectivity index (χ0v) is 14.5. The van der Waals surface area contributed by atoms with E-state index in [-0.39, 0.29) is 0 Å². The van der Waals surface area contributed by atoms with Crippen LogP contribution in [0.15, 0.2) is 28.7 Å². The van der Waals surface area contributed by atoms with E-state index >= 15 is 0 Å². The second-order valence-corrected chi connectivity index (χ2v) is 7.12. The van der Waals surface area contributed by atoms with Crippen LogP contribution >= 0.6 is 15.9 Å². The summed E-state index contributed by atoms with van der Waals surface area (Å²) in [5.41, 5.74) is 1.41. The SMILES string of the molecule is CC(C)NCC1CCCN(C(C)c2ccccc2Br)C1. The second-order valence-electron chi connectivity index (χ2n) is 6.26. The van der Waals surface area contributed by atoms with Crippen LogP contribution in [0.5, 0.6) is 0 Å². The van der Waals surface area contributed by atoms with E-state index in [1.54, 1.807) is 0 Å². The van der Waals surface area contributed by atoms with E-state index in [0.717, 1.165) is 12.5 Å². The molecular weight excluding hydrogens is 312 g/mol. The number of likely N-dealkylation sites (tertiary alicyclic amines) is 1. The Kier molecular flexibility index (Phi) is 6.06. The van der Waals surface area contributed by atoms with Crippen LogP contribution in [-0.2, 0) is 0 Å². The molecule has 0 aliphatic carbocycles. The predicted octanol–water partition coefficient (Wildman–Crippen LogP) is 4.22. The number of hydrogen-bond acceptors (Lipinski definition) is 2. The highest BCUT2D eigenvalue weighted by molar-refractivity contribution is 9.10. The number of hydrogen-bond donors (Lipinski definition) is 1. The molecule has 0 spiro atoms. The van der Waals surface area contributed by atoms with Crippen molar-refractivity contribution in [2.45, 2.75) is 45.7 Å². The van der Waals surface area contributed by atoms with Crippen molar-refractivity contribution < 1.29 is 0 Å². The highest BCUT2D eigenvalue weighted by Gasteiger charge is 2.25. The highest BCUT2D eigenvalue weighted by atomic mass is 79.9. The summed E-state index contributed by atoms with van der Waals surface area (Å²) in [6.45, 7) is 10.4. The molecule has 1 heterocycles. The Labute approximate surface area is 132 Å². The topological polar surface area (TPSA) is 15.3 Å². The van der Waals surface area contributed by atoms with Crippen molar-refractivity contribution in [3.8, 4) is 0 Å². The molecule has 1 aromatic carbocycles. The van der Waals surface area contributed by atoms with Gasteiger partial charge < -0.3 is 5.32 Å². The second kappa shape index (κ2) is 7.58. The molecule has 2 unspecified atom stereocenters. The molecule has 2 nitrogen and oxygen atoms in total. The van der Waals surface area contributed by atoms with Gasteiger partial charge in [-0.2, -0.15) is 0 Å². The lowest BCUT2D eigenvalue weighted by atomic mass is 9.95. The molecule has 2 atom stereocenters. The summed E-state index contributed by atoms with van der Waals surface area (Å²) in [6, 6.07) is 9.70. The molecule has 0 saturated carbocycles. The van der Waals surface area contributed by atoms with Gasteiger partial charge in [0.1, 0.15) is 0 Å². The lowest BCUT2D eigenvalue weighted by Crippen LogP contribution is -2.42. The molecule has 1 saturated heterocycles. The summed E-state index contributed by atoms with van der Waals surface area (Å²) in [6.07, 6.45) is 2.68. The van der Waals surface area contributed by atoms with Gasteiger partial charge in [0, 0.05) is 23.1 Å². The Balaban J connectivity index is 1.96. The zero-order valence-electron chi connectivity index (χ0n) is 12.9. The van der Waals surface area contributed by atoms with Crippen LogP contribution in [0.25, 0.3) is 0 Å². The molecule has 1 N–H and O–H groups in total. The maximum Gasteiger partial charge on any atom is 0.0331 e. The molecule has 0 radical (unpaired) electrons. The lowest BCUT2D eigenvalue weighted by molar-refractivity contribution is 0.129. The first kappa shape index (κ1) is 16.0. The van der Waals surface area contributed by atoms with Gasteiger partial charge in [-0.05, 0) is 50.4 Å². The summed E-state index contributed by atoms with van der Waals surface area (Å²) < 4.78 is 1.23. The largest absolute Gasteiger partial charge is 0.314 e. The fourth-order valence-electron chi connectivity index (χ4n) is 3.03. The molecule has 1 aliphatic rings. The quantitative estimate of drug-likeness (QED) is 0.864. The van der Waals surface area contributed by atoms with Crippen LogP contribution in [0.4, 0.5) is 0 Å². The van der Waals surface area contributed by atoms with Gasteiger partial charge in [-0.15, -0.1) is 0 Å². The molecule has 3 heteroatoms. The van der Waals surface area contributed by atoms with Crippen molar-refractivity contribution in [2.24, 2.45) is 5.92 Å². The molecule has 1 aromatic rings. The average molecular weight is 339 g/mol. The van der Waals surface area contributed by atoms with Gasteiger partial charge in [-0.3, -0.25) is 4.90 Å². The van der Waals surface area contributed by atoms with Crippen LogP contribution in [0.3, 0.4) is 0 Å². The molecule has 20 heavy (non-hydrogen) atoms. The Morgan fingerprint density at radius 1 is 1.30 bits per heavy atom. The number of piperidine rings is 1. The van der Waals surface area contributed by atoms with Crippen molar-refractivity contribution in [1.29, 1.82) is 0 Å². The maximum atomic E-state index is 3.69. The number of nitrogens with one attached hydrogen (secondary N) is 1. The number of rotatable bonds is 5. The van der Waals surface area contributed by atoms with E-state index in [1.165, 1.54) is 36.0 Å². The first-order valence-electron chi connectivity index (χ1n) is 7.79. The highest BCUT2D eigenvalue weighted by Crippen LogP contribution is 2.30. The molecule has 112 valence electrons.